The summed E-state index contributed by atoms with van der Waals surface area (Å²) in [7, 11) is 2.62. The van der Waals surface area contributed by atoms with Crippen molar-refractivity contribution in [1.82, 2.24) is 10.6 Å². The lowest BCUT2D eigenvalue weighted by Gasteiger charge is -2.42. The van der Waals surface area contributed by atoms with Crippen LogP contribution in [0.2, 0.25) is 0 Å². The number of methoxy groups -OCH3 is 2. The lowest BCUT2D eigenvalue weighted by Crippen LogP contribution is -2.70. The minimum atomic E-state index is -1.27. The summed E-state index contributed by atoms with van der Waals surface area (Å²) in [5.41, 5.74) is -2.55. The topological polar surface area (TPSA) is 76.7 Å². The Morgan fingerprint density at radius 1 is 0.955 bits per heavy atom. The molecule has 0 bridgehead atoms. The maximum atomic E-state index is 12.6. The Bertz CT molecular complexity index is 426. The molecule has 0 amide bonds. The second kappa shape index (κ2) is 6.81. The zero-order valence-corrected chi connectivity index (χ0v) is 14.9. The van der Waals surface area contributed by atoms with Gasteiger partial charge in [0.15, 0.2) is 16.2 Å². The van der Waals surface area contributed by atoms with Gasteiger partial charge >= 0.3 is 11.9 Å². The van der Waals surface area contributed by atoms with Crippen LogP contribution in [0.5, 0.6) is 0 Å². The third kappa shape index (κ3) is 3.04. The van der Waals surface area contributed by atoms with Gasteiger partial charge in [0.25, 0.3) is 0 Å². The van der Waals surface area contributed by atoms with E-state index in [1.54, 1.807) is 0 Å². The van der Waals surface area contributed by atoms with Crippen LogP contribution in [0.1, 0.15) is 40.5 Å². The standard InChI is InChI=1S/C15H26N2O4S/c1-9(2)7-14(11(18)20-5)15(8-10(3)4,12(19)21-6)17-13(22)16-14/h9-10H,7-8H2,1-6H3,(H2,16,17,22)/t14-,15-/m0/s1. The fraction of sp³-hybridized carbons (Fsp3) is 0.800. The molecule has 0 radical (unpaired) electrons. The summed E-state index contributed by atoms with van der Waals surface area (Å²) in [6.45, 7) is 7.91. The van der Waals surface area contributed by atoms with E-state index in [1.807, 2.05) is 27.7 Å². The highest BCUT2D eigenvalue weighted by atomic mass is 32.1. The Balaban J connectivity index is 3.54. The lowest BCUT2D eigenvalue weighted by molar-refractivity contribution is -0.164. The summed E-state index contributed by atoms with van der Waals surface area (Å²) in [6.07, 6.45) is 0.795. The molecular formula is C15H26N2O4S. The number of nitrogens with one attached hydrogen (secondary N) is 2. The first-order valence-corrected chi connectivity index (χ1v) is 7.83. The molecule has 0 aliphatic carbocycles. The van der Waals surface area contributed by atoms with Gasteiger partial charge in [-0.2, -0.15) is 0 Å². The fourth-order valence-electron chi connectivity index (χ4n) is 3.27. The van der Waals surface area contributed by atoms with E-state index in [0.717, 1.165) is 0 Å². The highest BCUT2D eigenvalue weighted by molar-refractivity contribution is 7.80. The van der Waals surface area contributed by atoms with E-state index in [0.29, 0.717) is 12.8 Å². The smallest absolute Gasteiger partial charge is 0.334 e. The van der Waals surface area contributed by atoms with E-state index < -0.39 is 23.0 Å². The number of ether oxygens (including phenoxy) is 2. The summed E-state index contributed by atoms with van der Waals surface area (Å²) in [5, 5.41) is 6.27. The van der Waals surface area contributed by atoms with E-state index in [-0.39, 0.29) is 16.9 Å². The normalized spacial score (nSPS) is 27.5. The largest absolute Gasteiger partial charge is 0.467 e. The maximum absolute atomic E-state index is 12.6. The first kappa shape index (κ1) is 18.7. The van der Waals surface area contributed by atoms with Crippen molar-refractivity contribution in [2.24, 2.45) is 11.8 Å². The van der Waals surface area contributed by atoms with Gasteiger partial charge in [0.2, 0.25) is 0 Å². The van der Waals surface area contributed by atoms with Gasteiger partial charge in [0.05, 0.1) is 14.2 Å². The molecule has 22 heavy (non-hydrogen) atoms. The molecule has 1 fully saturated rings. The molecule has 0 saturated carbocycles. The number of esters is 2. The Hall–Kier alpha value is -1.37. The molecule has 0 aromatic rings. The van der Waals surface area contributed by atoms with Gasteiger partial charge in [0, 0.05) is 0 Å². The van der Waals surface area contributed by atoms with Gasteiger partial charge in [-0.15, -0.1) is 0 Å². The predicted octanol–water partition coefficient (Wildman–Crippen LogP) is 1.38. The van der Waals surface area contributed by atoms with Gasteiger partial charge in [-0.05, 0) is 36.9 Å². The molecule has 2 N–H and O–H groups in total. The van der Waals surface area contributed by atoms with Gasteiger partial charge in [0.1, 0.15) is 0 Å². The van der Waals surface area contributed by atoms with E-state index in [2.05, 4.69) is 10.6 Å². The minimum Gasteiger partial charge on any atom is -0.467 e. The SMILES string of the molecule is COC(=O)[C@]1(CC(C)C)NC(=S)N[C@@]1(CC(C)C)C(=O)OC. The number of rotatable bonds is 6. The minimum absolute atomic E-state index is 0.144. The number of carbonyl (C=O) groups excluding carboxylic acids is 2. The van der Waals surface area contributed by atoms with E-state index in [4.69, 9.17) is 21.7 Å². The van der Waals surface area contributed by atoms with Crippen LogP contribution in [-0.4, -0.2) is 42.3 Å². The van der Waals surface area contributed by atoms with Crippen LogP contribution >= 0.6 is 12.2 Å². The van der Waals surface area contributed by atoms with Crippen molar-refractivity contribution in [1.29, 1.82) is 0 Å². The van der Waals surface area contributed by atoms with Gasteiger partial charge < -0.3 is 20.1 Å². The first-order valence-electron chi connectivity index (χ1n) is 7.42. The second-order valence-corrected chi connectivity index (χ2v) is 6.98. The average molecular weight is 330 g/mol. The molecule has 1 aliphatic rings. The quantitative estimate of drug-likeness (QED) is 0.563. The Labute approximate surface area is 137 Å². The molecule has 126 valence electrons. The molecule has 0 spiro atoms. The molecule has 2 atom stereocenters. The molecule has 1 aliphatic heterocycles. The van der Waals surface area contributed by atoms with Crippen LogP contribution in [0.15, 0.2) is 0 Å². The molecular weight excluding hydrogens is 304 g/mol. The van der Waals surface area contributed by atoms with Crippen LogP contribution in [-0.2, 0) is 19.1 Å². The summed E-state index contributed by atoms with van der Waals surface area (Å²) >= 11 is 5.22. The fourth-order valence-corrected chi connectivity index (χ4v) is 3.62. The summed E-state index contributed by atoms with van der Waals surface area (Å²) in [5.74, 6) is -0.741. The van der Waals surface area contributed by atoms with Crippen molar-refractivity contribution < 1.29 is 19.1 Å². The maximum Gasteiger partial charge on any atom is 0.334 e. The van der Waals surface area contributed by atoms with Crippen LogP contribution in [0.3, 0.4) is 0 Å². The number of hydrogen-bond acceptors (Lipinski definition) is 5. The number of thiocarbonyl (C=S) groups is 1. The van der Waals surface area contributed by atoms with Crippen LogP contribution < -0.4 is 10.6 Å². The van der Waals surface area contributed by atoms with Crippen molar-refractivity contribution in [3.63, 3.8) is 0 Å². The first-order chi connectivity index (χ1) is 10.1. The molecule has 1 rings (SSSR count). The highest BCUT2D eigenvalue weighted by Crippen LogP contribution is 2.39. The molecule has 1 heterocycles. The van der Waals surface area contributed by atoms with Crippen LogP contribution in [0.25, 0.3) is 0 Å². The predicted molar refractivity (Wildman–Crippen MR) is 87.3 cm³/mol. The Morgan fingerprint density at radius 2 is 1.27 bits per heavy atom. The van der Waals surface area contributed by atoms with Crippen LogP contribution in [0, 0.1) is 11.8 Å². The summed E-state index contributed by atoms with van der Waals surface area (Å²) in [4.78, 5) is 25.3. The van der Waals surface area contributed by atoms with Crippen molar-refractivity contribution in [3.05, 3.63) is 0 Å². The van der Waals surface area contributed by atoms with Gasteiger partial charge in [-0.1, -0.05) is 27.7 Å². The number of carbonyl (C=O) groups is 2. The summed E-state index contributed by atoms with van der Waals surface area (Å²) < 4.78 is 10.0. The van der Waals surface area contributed by atoms with E-state index in [9.17, 15) is 9.59 Å². The van der Waals surface area contributed by atoms with Crippen molar-refractivity contribution in [2.45, 2.75) is 51.6 Å². The average Bonchev–Trinajstić information content (AvgIpc) is 2.69. The van der Waals surface area contributed by atoms with Crippen molar-refractivity contribution in [2.75, 3.05) is 14.2 Å². The highest BCUT2D eigenvalue weighted by Gasteiger charge is 2.67. The third-order valence-electron chi connectivity index (χ3n) is 3.88. The molecule has 7 heteroatoms. The zero-order chi connectivity index (χ0) is 17.1. The van der Waals surface area contributed by atoms with Gasteiger partial charge in [-0.3, -0.25) is 0 Å². The molecule has 1 saturated heterocycles. The van der Waals surface area contributed by atoms with Crippen molar-refractivity contribution >= 4 is 29.3 Å². The summed E-state index contributed by atoms with van der Waals surface area (Å²) in [6, 6.07) is 0. The zero-order valence-electron chi connectivity index (χ0n) is 14.1. The molecule has 0 aromatic heterocycles. The molecule has 0 aromatic carbocycles. The van der Waals surface area contributed by atoms with Gasteiger partial charge in [-0.25, -0.2) is 9.59 Å². The second-order valence-electron chi connectivity index (χ2n) is 6.57. The monoisotopic (exact) mass is 330 g/mol. The Morgan fingerprint density at radius 3 is 1.50 bits per heavy atom. The van der Waals surface area contributed by atoms with E-state index in [1.165, 1.54) is 14.2 Å². The van der Waals surface area contributed by atoms with E-state index >= 15 is 0 Å². The van der Waals surface area contributed by atoms with Crippen molar-refractivity contribution in [3.8, 4) is 0 Å². The molecule has 6 nitrogen and oxygen atoms in total. The molecule has 0 unspecified atom stereocenters. The Kier molecular flexibility index (Phi) is 5.78. The third-order valence-corrected chi connectivity index (χ3v) is 4.08. The van der Waals surface area contributed by atoms with Crippen LogP contribution in [0.4, 0.5) is 0 Å². The lowest BCUT2D eigenvalue weighted by atomic mass is 9.69. The number of hydrogen-bond donors (Lipinski definition) is 2.